The lowest BCUT2D eigenvalue weighted by Gasteiger charge is -2.08. The molecule has 0 fully saturated rings. The lowest BCUT2D eigenvalue weighted by Crippen LogP contribution is -2.19. The zero-order valence-electron chi connectivity index (χ0n) is 13.3. The van der Waals surface area contributed by atoms with Gasteiger partial charge in [0.05, 0.1) is 16.9 Å². The number of aryl methyl sites for hydroxylation is 2. The van der Waals surface area contributed by atoms with Crippen LogP contribution in [0.5, 0.6) is 0 Å². The lowest BCUT2D eigenvalue weighted by atomic mass is 10.1. The molecule has 0 aliphatic carbocycles. The second-order valence-corrected chi connectivity index (χ2v) is 6.67. The Morgan fingerprint density at radius 3 is 2.58 bits per heavy atom. The molecule has 2 aromatic carbocycles. The normalized spacial score (nSPS) is 12.8. The molecule has 2 aromatic rings. The molecule has 122 valence electrons. The molecule has 0 atom stereocenters. The fraction of sp³-hybridized carbons (Fsp3) is 0.167. The summed E-state index contributed by atoms with van der Waals surface area (Å²) in [5, 5.41) is 4.99. The number of carbonyl (C=O) groups is 3. The van der Waals surface area contributed by atoms with Crippen LogP contribution in [-0.4, -0.2) is 23.5 Å². The minimum atomic E-state index is -0.434. The lowest BCUT2D eigenvalue weighted by molar-refractivity contribution is -0.113. The SMILES string of the molecule is Cc1ccc(C)c(SCC(=O)Nc2ccc3c(c2)C(=O)NC3=O)c1. The largest absolute Gasteiger partial charge is 0.325 e. The quantitative estimate of drug-likeness (QED) is 0.663. The summed E-state index contributed by atoms with van der Waals surface area (Å²) in [6.45, 7) is 4.02. The van der Waals surface area contributed by atoms with Crippen LogP contribution >= 0.6 is 11.8 Å². The Hall–Kier alpha value is -2.60. The maximum Gasteiger partial charge on any atom is 0.259 e. The number of anilines is 1. The molecule has 0 radical (unpaired) electrons. The van der Waals surface area contributed by atoms with Gasteiger partial charge >= 0.3 is 0 Å². The van der Waals surface area contributed by atoms with Crippen LogP contribution in [0, 0.1) is 13.8 Å². The second-order valence-electron chi connectivity index (χ2n) is 5.65. The monoisotopic (exact) mass is 340 g/mol. The number of thioether (sulfide) groups is 1. The van der Waals surface area contributed by atoms with Gasteiger partial charge < -0.3 is 5.32 Å². The van der Waals surface area contributed by atoms with E-state index >= 15 is 0 Å². The van der Waals surface area contributed by atoms with E-state index < -0.39 is 11.8 Å². The Bertz CT molecular complexity index is 861. The van der Waals surface area contributed by atoms with Crippen molar-refractivity contribution >= 4 is 35.2 Å². The number of imide groups is 1. The molecule has 1 heterocycles. The maximum absolute atomic E-state index is 12.1. The molecule has 1 aliphatic rings. The van der Waals surface area contributed by atoms with Gasteiger partial charge in [0.2, 0.25) is 5.91 Å². The molecule has 1 aliphatic heterocycles. The van der Waals surface area contributed by atoms with Gasteiger partial charge in [0, 0.05) is 10.6 Å². The molecule has 24 heavy (non-hydrogen) atoms. The van der Waals surface area contributed by atoms with Gasteiger partial charge in [-0.2, -0.15) is 0 Å². The average molecular weight is 340 g/mol. The topological polar surface area (TPSA) is 75.3 Å². The molecule has 3 amide bonds. The number of carbonyl (C=O) groups excluding carboxylic acids is 3. The van der Waals surface area contributed by atoms with E-state index in [1.807, 2.05) is 26.0 Å². The molecule has 0 bridgehead atoms. The third kappa shape index (κ3) is 3.33. The van der Waals surface area contributed by atoms with Crippen LogP contribution in [0.2, 0.25) is 0 Å². The highest BCUT2D eigenvalue weighted by Crippen LogP contribution is 2.24. The summed E-state index contributed by atoms with van der Waals surface area (Å²) in [6, 6.07) is 10.8. The third-order valence-electron chi connectivity index (χ3n) is 3.72. The number of hydrogen-bond donors (Lipinski definition) is 2. The predicted octanol–water partition coefficient (Wildman–Crippen LogP) is 2.92. The number of nitrogens with one attached hydrogen (secondary N) is 2. The molecule has 2 N–H and O–H groups in total. The highest BCUT2D eigenvalue weighted by molar-refractivity contribution is 8.00. The number of fused-ring (bicyclic) bond motifs is 1. The highest BCUT2D eigenvalue weighted by Gasteiger charge is 2.26. The van der Waals surface area contributed by atoms with Crippen LogP contribution in [-0.2, 0) is 4.79 Å². The molecule has 6 heteroatoms. The fourth-order valence-corrected chi connectivity index (χ4v) is 3.37. The Morgan fingerprint density at radius 2 is 1.79 bits per heavy atom. The molecule has 5 nitrogen and oxygen atoms in total. The first-order chi connectivity index (χ1) is 11.4. The first-order valence-corrected chi connectivity index (χ1v) is 8.42. The van der Waals surface area contributed by atoms with Crippen LogP contribution in [0.4, 0.5) is 5.69 Å². The van der Waals surface area contributed by atoms with Crippen molar-refractivity contribution in [2.45, 2.75) is 18.7 Å². The van der Waals surface area contributed by atoms with Gasteiger partial charge in [-0.1, -0.05) is 17.7 Å². The minimum absolute atomic E-state index is 0.161. The minimum Gasteiger partial charge on any atom is -0.325 e. The van der Waals surface area contributed by atoms with Gasteiger partial charge in [-0.25, -0.2) is 0 Å². The first-order valence-electron chi connectivity index (χ1n) is 7.43. The van der Waals surface area contributed by atoms with Crippen LogP contribution in [0.3, 0.4) is 0 Å². The average Bonchev–Trinajstić information content (AvgIpc) is 2.82. The molecular weight excluding hydrogens is 324 g/mol. The number of hydrogen-bond acceptors (Lipinski definition) is 4. The van der Waals surface area contributed by atoms with Gasteiger partial charge in [-0.15, -0.1) is 11.8 Å². The molecule has 0 aromatic heterocycles. The maximum atomic E-state index is 12.1. The molecule has 3 rings (SSSR count). The molecule has 0 spiro atoms. The van der Waals surface area contributed by atoms with Crippen LogP contribution in [0.15, 0.2) is 41.3 Å². The van der Waals surface area contributed by atoms with Gasteiger partial charge in [-0.05, 0) is 43.7 Å². The van der Waals surface area contributed by atoms with E-state index in [9.17, 15) is 14.4 Å². The fourth-order valence-electron chi connectivity index (χ4n) is 2.45. The number of amides is 3. The van der Waals surface area contributed by atoms with E-state index in [-0.39, 0.29) is 11.7 Å². The van der Waals surface area contributed by atoms with Crippen molar-refractivity contribution in [2.24, 2.45) is 0 Å². The third-order valence-corrected chi connectivity index (χ3v) is 4.88. The van der Waals surface area contributed by atoms with Gasteiger partial charge in [0.1, 0.15) is 0 Å². The number of rotatable bonds is 4. The van der Waals surface area contributed by atoms with Crippen molar-refractivity contribution in [1.82, 2.24) is 5.32 Å². The smallest absolute Gasteiger partial charge is 0.259 e. The van der Waals surface area contributed by atoms with Gasteiger partial charge in [0.25, 0.3) is 11.8 Å². The standard InChI is InChI=1S/C18H16N2O3S/c1-10-3-4-11(2)15(7-10)24-9-16(21)19-12-5-6-13-14(8-12)18(23)20-17(13)22/h3-8H,9H2,1-2H3,(H,19,21)(H,20,22,23). The molecular formula is C18H16N2O3S. The van der Waals surface area contributed by atoms with E-state index in [2.05, 4.69) is 16.7 Å². The summed E-state index contributed by atoms with van der Waals surface area (Å²) in [7, 11) is 0. The predicted molar refractivity (Wildman–Crippen MR) is 93.5 cm³/mol. The molecule has 0 saturated carbocycles. The summed E-state index contributed by atoms with van der Waals surface area (Å²) in [5.74, 6) is -0.730. The Kier molecular flexibility index (Phi) is 4.40. The van der Waals surface area contributed by atoms with Crippen molar-refractivity contribution in [1.29, 1.82) is 0 Å². The van der Waals surface area contributed by atoms with Crippen LogP contribution in [0.25, 0.3) is 0 Å². The Balaban J connectivity index is 1.65. The van der Waals surface area contributed by atoms with E-state index in [4.69, 9.17) is 0 Å². The van der Waals surface area contributed by atoms with Crippen LogP contribution in [0.1, 0.15) is 31.8 Å². The molecule has 0 saturated heterocycles. The van der Waals surface area contributed by atoms with Gasteiger partial charge in [-0.3, -0.25) is 19.7 Å². The summed E-state index contributed by atoms with van der Waals surface area (Å²) in [4.78, 5) is 36.4. The van der Waals surface area contributed by atoms with E-state index in [1.54, 1.807) is 12.1 Å². The van der Waals surface area contributed by atoms with E-state index in [0.717, 1.165) is 16.0 Å². The highest BCUT2D eigenvalue weighted by atomic mass is 32.2. The zero-order chi connectivity index (χ0) is 17.3. The van der Waals surface area contributed by atoms with Gasteiger partial charge in [0.15, 0.2) is 0 Å². The van der Waals surface area contributed by atoms with Crippen molar-refractivity contribution in [3.05, 3.63) is 58.7 Å². The van der Waals surface area contributed by atoms with Crippen molar-refractivity contribution < 1.29 is 14.4 Å². The Morgan fingerprint density at radius 1 is 1.04 bits per heavy atom. The van der Waals surface area contributed by atoms with Crippen molar-refractivity contribution in [2.75, 3.05) is 11.1 Å². The first kappa shape index (κ1) is 16.3. The summed E-state index contributed by atoms with van der Waals surface area (Å²) >= 11 is 1.47. The summed E-state index contributed by atoms with van der Waals surface area (Å²) in [6.07, 6.45) is 0. The zero-order valence-corrected chi connectivity index (χ0v) is 14.1. The van der Waals surface area contributed by atoms with E-state index in [0.29, 0.717) is 16.8 Å². The second kappa shape index (κ2) is 6.49. The van der Waals surface area contributed by atoms with Crippen molar-refractivity contribution in [3.8, 4) is 0 Å². The van der Waals surface area contributed by atoms with E-state index in [1.165, 1.54) is 17.8 Å². The van der Waals surface area contributed by atoms with Crippen molar-refractivity contribution in [3.63, 3.8) is 0 Å². The summed E-state index contributed by atoms with van der Waals surface area (Å²) < 4.78 is 0. The number of benzene rings is 2. The Labute approximate surface area is 143 Å². The summed E-state index contributed by atoms with van der Waals surface area (Å²) in [5.41, 5.74) is 3.41. The van der Waals surface area contributed by atoms with Crippen LogP contribution < -0.4 is 10.6 Å². The molecule has 0 unspecified atom stereocenters.